The van der Waals surface area contributed by atoms with E-state index in [1.807, 2.05) is 0 Å². The van der Waals surface area contributed by atoms with Crippen LogP contribution in [0.15, 0.2) is 0 Å². The molecule has 18 N–H and O–H groups in total. The molecular formula is C65H109N7O28. The van der Waals surface area contributed by atoms with Gasteiger partial charge in [-0.2, -0.15) is 0 Å². The van der Waals surface area contributed by atoms with Crippen LogP contribution < -0.4 is 32.3 Å². The number of hydrogen-bond donors (Lipinski definition) is 17. The Labute approximate surface area is 580 Å². The molecule has 0 spiro atoms. The molecule has 4 saturated heterocycles. The lowest BCUT2D eigenvalue weighted by Crippen LogP contribution is -2.70. The number of Topliss-reactive ketones (excluding diaryl/α,β-unsaturated/α-hetero) is 3. The number of hydrogen-bond acceptors (Lipinski definition) is 27. The molecule has 4 heterocycles. The number of nitrogens with two attached hydrogens (primary N) is 1. The minimum absolute atomic E-state index is 0.0539. The number of carbonyl (C=O) groups is 11. The summed E-state index contributed by atoms with van der Waals surface area (Å²) in [6.45, 7) is 18.3. The second kappa shape index (κ2) is 38.1. The van der Waals surface area contributed by atoms with Gasteiger partial charge in [0.1, 0.15) is 79.1 Å². The zero-order chi connectivity index (χ0) is 76.0. The lowest BCUT2D eigenvalue weighted by molar-refractivity contribution is -0.384. The summed E-state index contributed by atoms with van der Waals surface area (Å²) in [4.78, 5) is 149. The highest BCUT2D eigenvalue weighted by Crippen LogP contribution is 2.40. The number of ether oxygens (including phenoxy) is 6. The molecule has 4 rings (SSSR count). The smallest absolute Gasteiger partial charge is 0.364 e. The van der Waals surface area contributed by atoms with E-state index in [-0.39, 0.29) is 25.8 Å². The molecule has 35 heteroatoms. The molecule has 0 aromatic rings. The molecule has 26 atom stereocenters. The average Bonchev–Trinajstić information content (AvgIpc) is 0.847. The fourth-order valence-corrected chi connectivity index (χ4v) is 12.4. The number of amides is 6. The third kappa shape index (κ3) is 21.8. The van der Waals surface area contributed by atoms with Gasteiger partial charge in [-0.3, -0.25) is 47.9 Å². The van der Waals surface area contributed by atoms with Gasteiger partial charge in [0.2, 0.25) is 35.4 Å². The maximum Gasteiger partial charge on any atom is 0.364 e. The summed E-state index contributed by atoms with van der Waals surface area (Å²) >= 11 is 0. The van der Waals surface area contributed by atoms with E-state index in [9.17, 15) is 109 Å². The second-order valence-corrected chi connectivity index (χ2v) is 28.3. The van der Waals surface area contributed by atoms with E-state index in [0.717, 1.165) is 6.92 Å². The van der Waals surface area contributed by atoms with Crippen molar-refractivity contribution in [2.45, 2.75) is 269 Å². The van der Waals surface area contributed by atoms with Crippen LogP contribution in [-0.4, -0.2) is 286 Å². The van der Waals surface area contributed by atoms with Crippen molar-refractivity contribution in [3.63, 3.8) is 0 Å². The highest BCUT2D eigenvalue weighted by atomic mass is 16.8. The molecule has 0 saturated carbocycles. The predicted octanol–water partition coefficient (Wildman–Crippen LogP) is -4.78. The van der Waals surface area contributed by atoms with Gasteiger partial charge in [-0.1, -0.05) is 76.2 Å². The first-order valence-corrected chi connectivity index (χ1v) is 34.0. The summed E-state index contributed by atoms with van der Waals surface area (Å²) in [7, 11) is 0. The van der Waals surface area contributed by atoms with Gasteiger partial charge in [-0.25, -0.2) is 4.79 Å². The minimum atomic E-state index is -3.03. The zero-order valence-corrected chi connectivity index (χ0v) is 59.2. The molecule has 4 aliphatic heterocycles. The maximum absolute atomic E-state index is 14.4. The van der Waals surface area contributed by atoms with Crippen molar-refractivity contribution < 1.29 is 137 Å². The second-order valence-electron chi connectivity index (χ2n) is 28.3. The van der Waals surface area contributed by atoms with E-state index in [4.69, 9.17) is 34.2 Å². The van der Waals surface area contributed by atoms with Gasteiger partial charge < -0.3 is 122 Å². The standard InChI is InChI=1S/C65H109N7O28/c1-25(2)35(57(87)70-45(26(3)4)38(78)19-30(10)61(91)92)20-39(79)46(27(5)6)69-56(86)29(9)18-37(77)32(12)67-58(88)36-16-15-17-72(36)60(90)47(28(7)8)71-59(89)44(66)33(13)95-62-48(68-34(14)76)54(50(83)42(23-74)96-62)98-63-52(85)55(51(84)43(24-75)97-63)100-65(64(93)94)21-40(80)31(11)53(99-65)49(82)41(81)22-73/h25-33,35-36,40-55,62-63,73-75,80-85H,15-24,66H2,1-14H3,(H,67,88)(H,68,76)(H,69,86)(H,70,87)(H,71,89)(H,91,92)(H,93,94)/t29-,30-,31-,32+,33-,35+,36+,40+,41-,42?,43?,44+,45+,46+,47+,48?,49-,50+,51+,52?,53?,54-,55+,62-,63+,65+/m1/s1. The number of aliphatic hydroxyl groups is 9. The molecule has 4 aliphatic rings. The summed E-state index contributed by atoms with van der Waals surface area (Å²) < 4.78 is 35.2. The van der Waals surface area contributed by atoms with Crippen molar-refractivity contribution in [3.05, 3.63) is 0 Å². The van der Waals surface area contributed by atoms with Crippen molar-refractivity contribution in [2.75, 3.05) is 26.4 Å². The van der Waals surface area contributed by atoms with Crippen LogP contribution in [-0.2, 0) is 81.2 Å². The Morgan fingerprint density at radius 1 is 0.640 bits per heavy atom. The molecule has 6 amide bonds. The van der Waals surface area contributed by atoms with E-state index in [1.165, 1.54) is 39.5 Å². The van der Waals surface area contributed by atoms with Crippen LogP contribution in [0.2, 0.25) is 0 Å². The van der Waals surface area contributed by atoms with Crippen LogP contribution in [0.3, 0.4) is 0 Å². The van der Waals surface area contributed by atoms with E-state index in [0.29, 0.717) is 6.42 Å². The van der Waals surface area contributed by atoms with Crippen molar-refractivity contribution in [1.29, 1.82) is 0 Å². The first-order chi connectivity index (χ1) is 46.5. The van der Waals surface area contributed by atoms with Crippen LogP contribution in [0.1, 0.15) is 135 Å². The van der Waals surface area contributed by atoms with Crippen molar-refractivity contribution in [3.8, 4) is 0 Å². The van der Waals surface area contributed by atoms with E-state index >= 15 is 0 Å². The zero-order valence-electron chi connectivity index (χ0n) is 59.2. The fraction of sp³-hybridized carbons (Fsp3) is 0.831. The number of likely N-dealkylation sites (tertiary alicyclic amines) is 1. The average molecular weight is 1440 g/mol. The van der Waals surface area contributed by atoms with Crippen molar-refractivity contribution in [1.82, 2.24) is 31.5 Å². The van der Waals surface area contributed by atoms with E-state index in [1.54, 1.807) is 55.4 Å². The number of carboxylic acid groups (broad SMARTS) is 2. The monoisotopic (exact) mass is 1440 g/mol. The molecule has 0 bridgehead atoms. The molecule has 4 fully saturated rings. The molecule has 100 heavy (non-hydrogen) atoms. The number of aliphatic carboxylic acids is 2. The molecular weight excluding hydrogens is 1330 g/mol. The van der Waals surface area contributed by atoms with Gasteiger partial charge >= 0.3 is 11.9 Å². The Morgan fingerprint density at radius 3 is 1.67 bits per heavy atom. The lowest BCUT2D eigenvalue weighted by atomic mass is 9.84. The van der Waals surface area contributed by atoms with Gasteiger partial charge in [-0.15, -0.1) is 0 Å². The Morgan fingerprint density at radius 2 is 1.16 bits per heavy atom. The van der Waals surface area contributed by atoms with Crippen LogP contribution in [0.5, 0.6) is 0 Å². The molecule has 5 unspecified atom stereocenters. The van der Waals surface area contributed by atoms with Crippen molar-refractivity contribution in [2.24, 2.45) is 53.1 Å². The molecule has 0 radical (unpaired) electrons. The number of carboxylic acids is 2. The van der Waals surface area contributed by atoms with Gasteiger partial charge in [0.15, 0.2) is 29.9 Å². The number of carbonyl (C=O) groups excluding carboxylic acids is 9. The predicted molar refractivity (Wildman–Crippen MR) is 345 cm³/mol. The summed E-state index contributed by atoms with van der Waals surface area (Å²) in [6.07, 6.45) is -28.1. The largest absolute Gasteiger partial charge is 0.481 e. The van der Waals surface area contributed by atoms with Crippen LogP contribution in [0.4, 0.5) is 0 Å². The van der Waals surface area contributed by atoms with Gasteiger partial charge in [0.25, 0.3) is 5.79 Å². The summed E-state index contributed by atoms with van der Waals surface area (Å²) in [5, 5.41) is 130. The normalized spacial score (nSPS) is 30.5. The van der Waals surface area contributed by atoms with E-state index < -0.39 is 279 Å². The van der Waals surface area contributed by atoms with Crippen LogP contribution in [0.25, 0.3) is 0 Å². The Hall–Kier alpha value is -5.87. The van der Waals surface area contributed by atoms with Gasteiger partial charge in [0.05, 0.1) is 62.2 Å². The SMILES string of the molecule is CC(=O)NC1[C@H](O[C@H](C)[C@H](N)C(=O)N[C@H](C(=O)N2CCC[C@H]2C(=O)N[C@@H](C)C(=O)C[C@@H](C)C(=O)N[C@H](C(=O)C[C@H](C(=O)N[C@H](C(=O)C[C@@H](C)C(=O)O)C(C)C)C(C)C)C(C)C)C(C)C)OC(CO)[C@H](O)[C@@H]1O[C@@H]1OC(CO)[C@H](O)[C@H](O[C@]2(C(=O)O)C[C@H](O)[C@@H](C)C([C@H](O)[C@H](O)CO)O2)C1O. The molecule has 0 aromatic carbocycles. The third-order valence-corrected chi connectivity index (χ3v) is 19.0. The van der Waals surface area contributed by atoms with Gasteiger partial charge in [-0.05, 0) is 50.4 Å². The summed E-state index contributed by atoms with van der Waals surface area (Å²) in [6, 6.07) is -9.14. The van der Waals surface area contributed by atoms with Crippen LogP contribution >= 0.6 is 0 Å². The molecule has 0 aromatic heterocycles. The number of rotatable bonds is 37. The maximum atomic E-state index is 14.4. The Bertz CT molecular complexity index is 2820. The summed E-state index contributed by atoms with van der Waals surface area (Å²) in [5.74, 6) is -18.1. The van der Waals surface area contributed by atoms with Crippen molar-refractivity contribution >= 4 is 64.7 Å². The van der Waals surface area contributed by atoms with Gasteiger partial charge in [0, 0.05) is 56.9 Å². The Kier molecular flexibility index (Phi) is 32.9. The molecule has 0 aliphatic carbocycles. The van der Waals surface area contributed by atoms with E-state index in [2.05, 4.69) is 26.6 Å². The first-order valence-electron chi connectivity index (χ1n) is 34.0. The lowest BCUT2D eigenvalue weighted by Gasteiger charge is -2.50. The highest BCUT2D eigenvalue weighted by Gasteiger charge is 2.60. The van der Waals surface area contributed by atoms with Crippen LogP contribution in [0, 0.1) is 47.3 Å². The number of ketones is 3. The first kappa shape index (κ1) is 86.5. The summed E-state index contributed by atoms with van der Waals surface area (Å²) in [5.41, 5.74) is 6.47. The minimum Gasteiger partial charge on any atom is -0.481 e. The molecule has 35 nitrogen and oxygen atoms in total. The number of nitrogens with one attached hydrogen (secondary N) is 5. The topological polar surface area (TPSA) is 555 Å². The Balaban J connectivity index is 1.44. The highest BCUT2D eigenvalue weighted by molar-refractivity contribution is 5.98. The molecule has 572 valence electrons. The number of aliphatic hydroxyl groups excluding tert-OH is 9. The number of nitrogens with zero attached hydrogens (tertiary/aromatic N) is 1. The quantitative estimate of drug-likeness (QED) is 0.0278. The fourth-order valence-electron chi connectivity index (χ4n) is 12.4. The third-order valence-electron chi connectivity index (χ3n) is 19.0.